The molecule has 0 saturated carbocycles. The largest absolute Gasteiger partial charge is 0.309 e. The molecular formula is C58H37N3. The van der Waals surface area contributed by atoms with Gasteiger partial charge in [0.05, 0.1) is 22.4 Å². The molecule has 61 heavy (non-hydrogen) atoms. The fourth-order valence-electron chi connectivity index (χ4n) is 9.32. The Morgan fingerprint density at radius 1 is 0.279 bits per heavy atom. The molecular weight excluding hydrogens is 739 g/mol. The number of fused-ring (bicyclic) bond motifs is 9. The molecule has 0 atom stereocenters. The molecule has 10 aromatic carbocycles. The van der Waals surface area contributed by atoms with Crippen molar-refractivity contribution in [1.82, 2.24) is 14.5 Å². The van der Waals surface area contributed by atoms with Crippen molar-refractivity contribution in [3.05, 3.63) is 224 Å². The molecule has 0 amide bonds. The van der Waals surface area contributed by atoms with E-state index in [9.17, 15) is 0 Å². The summed E-state index contributed by atoms with van der Waals surface area (Å²) in [5, 5.41) is 9.85. The third-order valence-electron chi connectivity index (χ3n) is 12.2. The van der Waals surface area contributed by atoms with E-state index in [-0.39, 0.29) is 0 Å². The average molecular weight is 776 g/mol. The molecule has 12 rings (SSSR count). The van der Waals surface area contributed by atoms with Gasteiger partial charge in [-0.15, -0.1) is 0 Å². The maximum absolute atomic E-state index is 5.24. The highest BCUT2D eigenvalue weighted by molar-refractivity contribution is 6.29. The van der Waals surface area contributed by atoms with Gasteiger partial charge in [0, 0.05) is 33.2 Å². The van der Waals surface area contributed by atoms with Crippen LogP contribution in [0.1, 0.15) is 0 Å². The monoisotopic (exact) mass is 775 g/mol. The average Bonchev–Trinajstić information content (AvgIpc) is 3.68. The molecule has 0 bridgehead atoms. The highest BCUT2D eigenvalue weighted by atomic mass is 15.0. The fraction of sp³-hybridized carbons (Fsp3) is 0. The SMILES string of the molecule is c1ccc(-c2ccc(-c3cc(-c4ccc5c(c4)c4ccccc4c4cccc(-c6ccc7c(c6)c6ccccc6n7-c6ccccc6)c45)nc(-c4ccccc4)n3)cc2)cc1. The minimum absolute atomic E-state index is 0.704. The summed E-state index contributed by atoms with van der Waals surface area (Å²) in [5.74, 6) is 0.704. The van der Waals surface area contributed by atoms with Gasteiger partial charge in [-0.1, -0.05) is 182 Å². The minimum atomic E-state index is 0.704. The highest BCUT2D eigenvalue weighted by Gasteiger charge is 2.18. The molecule has 0 aliphatic heterocycles. The van der Waals surface area contributed by atoms with Gasteiger partial charge >= 0.3 is 0 Å². The van der Waals surface area contributed by atoms with E-state index in [0.29, 0.717) is 5.82 Å². The smallest absolute Gasteiger partial charge is 0.160 e. The molecule has 0 unspecified atom stereocenters. The molecule has 0 aliphatic carbocycles. The minimum Gasteiger partial charge on any atom is -0.309 e. The Balaban J connectivity index is 1.05. The third kappa shape index (κ3) is 5.90. The Hall–Kier alpha value is -8.14. The summed E-state index contributed by atoms with van der Waals surface area (Å²) in [6.45, 7) is 0. The second-order valence-corrected chi connectivity index (χ2v) is 15.7. The number of benzene rings is 10. The number of hydrogen-bond acceptors (Lipinski definition) is 2. The van der Waals surface area contributed by atoms with Gasteiger partial charge in [0.2, 0.25) is 0 Å². The van der Waals surface area contributed by atoms with Gasteiger partial charge in [0.15, 0.2) is 5.82 Å². The quantitative estimate of drug-likeness (QED) is 0.158. The van der Waals surface area contributed by atoms with Gasteiger partial charge < -0.3 is 4.57 Å². The van der Waals surface area contributed by atoms with Gasteiger partial charge in [-0.25, -0.2) is 9.97 Å². The number of nitrogens with zero attached hydrogens (tertiary/aromatic N) is 3. The van der Waals surface area contributed by atoms with Crippen LogP contribution >= 0.6 is 0 Å². The van der Waals surface area contributed by atoms with Crippen molar-refractivity contribution in [2.45, 2.75) is 0 Å². The predicted octanol–water partition coefficient (Wildman–Crippen LogP) is 15.4. The first-order valence-corrected chi connectivity index (χ1v) is 20.8. The molecule has 0 N–H and O–H groups in total. The van der Waals surface area contributed by atoms with Gasteiger partial charge in [-0.3, -0.25) is 0 Å². The first kappa shape index (κ1) is 34.9. The van der Waals surface area contributed by atoms with Crippen molar-refractivity contribution >= 4 is 54.1 Å². The first-order chi connectivity index (χ1) is 30.2. The predicted molar refractivity (Wildman–Crippen MR) is 256 cm³/mol. The summed E-state index contributed by atoms with van der Waals surface area (Å²) >= 11 is 0. The lowest BCUT2D eigenvalue weighted by atomic mass is 9.88. The zero-order valence-electron chi connectivity index (χ0n) is 33.2. The van der Waals surface area contributed by atoms with Gasteiger partial charge in [0.25, 0.3) is 0 Å². The van der Waals surface area contributed by atoms with Crippen LogP contribution < -0.4 is 0 Å². The molecule has 0 radical (unpaired) electrons. The van der Waals surface area contributed by atoms with E-state index in [2.05, 4.69) is 211 Å². The molecule has 0 fully saturated rings. The van der Waals surface area contributed by atoms with E-state index < -0.39 is 0 Å². The van der Waals surface area contributed by atoms with Crippen molar-refractivity contribution in [1.29, 1.82) is 0 Å². The maximum atomic E-state index is 5.24. The van der Waals surface area contributed by atoms with Crippen LogP contribution in [-0.2, 0) is 0 Å². The van der Waals surface area contributed by atoms with E-state index in [1.165, 1.54) is 76.4 Å². The second kappa shape index (κ2) is 14.3. The van der Waals surface area contributed by atoms with Crippen LogP contribution in [0.3, 0.4) is 0 Å². The van der Waals surface area contributed by atoms with Crippen LogP contribution in [0, 0.1) is 0 Å². The van der Waals surface area contributed by atoms with Crippen molar-refractivity contribution in [3.8, 4) is 61.8 Å². The van der Waals surface area contributed by atoms with Crippen molar-refractivity contribution in [2.75, 3.05) is 0 Å². The summed E-state index contributed by atoms with van der Waals surface area (Å²) in [4.78, 5) is 10.4. The topological polar surface area (TPSA) is 30.7 Å². The molecule has 284 valence electrons. The van der Waals surface area contributed by atoms with E-state index >= 15 is 0 Å². The lowest BCUT2D eigenvalue weighted by Crippen LogP contribution is -1.96. The van der Waals surface area contributed by atoms with E-state index in [0.717, 1.165) is 33.8 Å². The Bertz CT molecular complexity index is 3610. The molecule has 0 spiro atoms. The fourth-order valence-corrected chi connectivity index (χ4v) is 9.32. The summed E-state index contributed by atoms with van der Waals surface area (Å²) in [6.07, 6.45) is 0. The summed E-state index contributed by atoms with van der Waals surface area (Å²) in [5.41, 5.74) is 13.2. The Morgan fingerprint density at radius 2 is 0.787 bits per heavy atom. The van der Waals surface area contributed by atoms with Crippen LogP contribution in [0.4, 0.5) is 0 Å². The van der Waals surface area contributed by atoms with Crippen LogP contribution in [0.15, 0.2) is 224 Å². The Labute approximate surface area is 353 Å². The van der Waals surface area contributed by atoms with E-state index in [1.54, 1.807) is 0 Å². The van der Waals surface area contributed by atoms with Crippen LogP contribution in [0.2, 0.25) is 0 Å². The summed E-state index contributed by atoms with van der Waals surface area (Å²) < 4.78 is 2.38. The molecule has 0 aliphatic rings. The summed E-state index contributed by atoms with van der Waals surface area (Å²) in [6, 6.07) is 80.5. The molecule has 2 aromatic heterocycles. The van der Waals surface area contributed by atoms with Crippen LogP contribution in [-0.4, -0.2) is 14.5 Å². The van der Waals surface area contributed by atoms with E-state index in [1.807, 2.05) is 18.2 Å². The standard InChI is InChI=1S/C58H37N3/c1-4-15-38(16-5-1)39-27-29-40(30-28-39)53-37-54(60-58(59-53)41-17-6-2-7-18-41)43-31-33-50-51(36-43)47-22-11-10-21-46(47)49-25-14-24-45(57(49)50)42-32-34-56-52(35-42)48-23-12-13-26-55(48)61(56)44-19-8-3-9-20-44/h1-37H. The number of aromatic nitrogens is 3. The highest BCUT2D eigenvalue weighted by Crippen LogP contribution is 2.43. The van der Waals surface area contributed by atoms with Crippen molar-refractivity contribution < 1.29 is 0 Å². The lowest BCUT2D eigenvalue weighted by molar-refractivity contribution is 1.18. The van der Waals surface area contributed by atoms with Gasteiger partial charge in [-0.05, 0) is 97.0 Å². The molecule has 0 saturated heterocycles. The van der Waals surface area contributed by atoms with Crippen LogP contribution in [0.25, 0.3) is 116 Å². The maximum Gasteiger partial charge on any atom is 0.160 e. The van der Waals surface area contributed by atoms with Crippen molar-refractivity contribution in [3.63, 3.8) is 0 Å². The zero-order chi connectivity index (χ0) is 40.3. The van der Waals surface area contributed by atoms with Crippen LogP contribution in [0.5, 0.6) is 0 Å². The summed E-state index contributed by atoms with van der Waals surface area (Å²) in [7, 11) is 0. The van der Waals surface area contributed by atoms with Gasteiger partial charge in [-0.2, -0.15) is 0 Å². The normalized spacial score (nSPS) is 11.6. The van der Waals surface area contributed by atoms with Crippen molar-refractivity contribution in [2.24, 2.45) is 0 Å². The zero-order valence-corrected chi connectivity index (χ0v) is 33.2. The first-order valence-electron chi connectivity index (χ1n) is 20.8. The molecule has 12 aromatic rings. The Morgan fingerprint density at radius 3 is 1.54 bits per heavy atom. The van der Waals surface area contributed by atoms with Gasteiger partial charge in [0.1, 0.15) is 0 Å². The molecule has 3 heteroatoms. The second-order valence-electron chi connectivity index (χ2n) is 15.7. The number of hydrogen-bond donors (Lipinski definition) is 0. The van der Waals surface area contributed by atoms with E-state index in [4.69, 9.17) is 9.97 Å². The lowest BCUT2D eigenvalue weighted by Gasteiger charge is -2.16. The Kier molecular flexibility index (Phi) is 8.17. The molecule has 3 nitrogen and oxygen atoms in total. The molecule has 2 heterocycles. The number of rotatable bonds is 6. The third-order valence-corrected chi connectivity index (χ3v) is 12.2. The number of para-hydroxylation sites is 2.